The second kappa shape index (κ2) is 9.91. The number of aliphatic hydroxyl groups excluding tert-OH is 3. The van der Waals surface area contributed by atoms with E-state index in [1.807, 2.05) is 37.3 Å². The van der Waals surface area contributed by atoms with E-state index in [1.165, 1.54) is 0 Å². The van der Waals surface area contributed by atoms with Crippen molar-refractivity contribution >= 4 is 6.09 Å². The molecule has 0 aromatic heterocycles. The molecular formula is C20H25NO5. The molecule has 0 fully saturated rings. The summed E-state index contributed by atoms with van der Waals surface area (Å²) in [7, 11) is 0. The van der Waals surface area contributed by atoms with Crippen molar-refractivity contribution in [1.29, 1.82) is 0 Å². The molecule has 2 aromatic rings. The van der Waals surface area contributed by atoms with E-state index in [0.29, 0.717) is 5.56 Å². The molecule has 6 nitrogen and oxygen atoms in total. The fraction of sp³-hybridized carbons (Fsp3) is 0.350. The Bertz CT molecular complexity index is 705. The van der Waals surface area contributed by atoms with Gasteiger partial charge in [-0.1, -0.05) is 48.5 Å². The largest absolute Gasteiger partial charge is 0.445 e. The van der Waals surface area contributed by atoms with Crippen LogP contribution in [0.5, 0.6) is 0 Å². The lowest BCUT2D eigenvalue weighted by Gasteiger charge is -2.19. The van der Waals surface area contributed by atoms with Crippen LogP contribution in [0.3, 0.4) is 0 Å². The molecule has 0 radical (unpaired) electrons. The maximum absolute atomic E-state index is 11.7. The van der Waals surface area contributed by atoms with Gasteiger partial charge in [0.2, 0.25) is 0 Å². The number of benzene rings is 2. The molecule has 140 valence electrons. The van der Waals surface area contributed by atoms with Crippen LogP contribution in [0.1, 0.15) is 34.8 Å². The number of amides is 1. The highest BCUT2D eigenvalue weighted by Gasteiger charge is 2.19. The standard InChI is InChI=1S/C20H25NO5/c1-14-11-16(7-8-17(14)12-22)19(24)18(23)9-10-21-20(25)26-13-15-5-3-2-4-6-15/h2-8,11,18-19,22-24H,9-10,12-13H2,1H3,(H,21,25). The molecule has 2 atom stereocenters. The predicted molar refractivity (Wildman–Crippen MR) is 97.3 cm³/mol. The molecule has 0 saturated heterocycles. The lowest BCUT2D eigenvalue weighted by molar-refractivity contribution is 0.0136. The maximum atomic E-state index is 11.7. The molecule has 0 saturated carbocycles. The first-order valence-corrected chi connectivity index (χ1v) is 8.52. The van der Waals surface area contributed by atoms with Gasteiger partial charge < -0.3 is 25.4 Å². The topological polar surface area (TPSA) is 99.0 Å². The van der Waals surface area contributed by atoms with Crippen molar-refractivity contribution in [3.8, 4) is 0 Å². The number of carbonyl (C=O) groups is 1. The first-order valence-electron chi connectivity index (χ1n) is 8.52. The van der Waals surface area contributed by atoms with Crippen LogP contribution < -0.4 is 5.32 Å². The Hall–Kier alpha value is -2.41. The van der Waals surface area contributed by atoms with Gasteiger partial charge in [-0.25, -0.2) is 4.79 Å². The average molecular weight is 359 g/mol. The minimum atomic E-state index is -1.07. The van der Waals surface area contributed by atoms with Crippen molar-refractivity contribution in [2.45, 2.75) is 38.8 Å². The summed E-state index contributed by atoms with van der Waals surface area (Å²) in [6.07, 6.45) is -2.48. The second-order valence-electron chi connectivity index (χ2n) is 6.13. The summed E-state index contributed by atoms with van der Waals surface area (Å²) >= 11 is 0. The van der Waals surface area contributed by atoms with Crippen LogP contribution in [0.2, 0.25) is 0 Å². The number of rotatable bonds is 8. The summed E-state index contributed by atoms with van der Waals surface area (Å²) in [5, 5.41) is 32.1. The van der Waals surface area contributed by atoms with E-state index in [4.69, 9.17) is 4.74 Å². The van der Waals surface area contributed by atoms with Crippen LogP contribution in [-0.2, 0) is 18.0 Å². The normalized spacial score (nSPS) is 13.1. The Morgan fingerprint density at radius 2 is 1.88 bits per heavy atom. The molecular weight excluding hydrogens is 334 g/mol. The molecule has 0 aliphatic rings. The van der Waals surface area contributed by atoms with Crippen molar-refractivity contribution < 1.29 is 24.9 Å². The van der Waals surface area contributed by atoms with Gasteiger partial charge in [0.05, 0.1) is 12.7 Å². The van der Waals surface area contributed by atoms with E-state index >= 15 is 0 Å². The van der Waals surface area contributed by atoms with Crippen LogP contribution in [-0.4, -0.2) is 34.1 Å². The second-order valence-corrected chi connectivity index (χ2v) is 6.13. The molecule has 4 N–H and O–H groups in total. The molecule has 1 amide bonds. The number of nitrogens with one attached hydrogen (secondary N) is 1. The van der Waals surface area contributed by atoms with Gasteiger partial charge in [-0.2, -0.15) is 0 Å². The van der Waals surface area contributed by atoms with E-state index in [0.717, 1.165) is 16.7 Å². The lowest BCUT2D eigenvalue weighted by atomic mass is 9.98. The number of hydrogen-bond donors (Lipinski definition) is 4. The molecule has 0 aliphatic heterocycles. The molecule has 2 rings (SSSR count). The number of carbonyl (C=O) groups excluding carboxylic acids is 1. The van der Waals surface area contributed by atoms with Crippen LogP contribution >= 0.6 is 0 Å². The van der Waals surface area contributed by atoms with Crippen molar-refractivity contribution in [2.75, 3.05) is 6.54 Å². The summed E-state index contributed by atoms with van der Waals surface area (Å²) in [5.74, 6) is 0. The highest BCUT2D eigenvalue weighted by Crippen LogP contribution is 2.21. The Kier molecular flexibility index (Phi) is 7.59. The van der Waals surface area contributed by atoms with E-state index in [9.17, 15) is 20.1 Å². The molecule has 0 spiro atoms. The number of aliphatic hydroxyl groups is 3. The lowest BCUT2D eigenvalue weighted by Crippen LogP contribution is -2.29. The zero-order valence-electron chi connectivity index (χ0n) is 14.8. The Morgan fingerprint density at radius 1 is 1.15 bits per heavy atom. The van der Waals surface area contributed by atoms with Crippen molar-refractivity contribution in [3.05, 3.63) is 70.8 Å². The van der Waals surface area contributed by atoms with Gasteiger partial charge in [0.1, 0.15) is 12.7 Å². The van der Waals surface area contributed by atoms with Gasteiger partial charge in [-0.05, 0) is 35.6 Å². The number of alkyl carbamates (subject to hydrolysis) is 1. The van der Waals surface area contributed by atoms with Crippen LogP contribution in [0.4, 0.5) is 4.79 Å². The van der Waals surface area contributed by atoms with Crippen molar-refractivity contribution in [3.63, 3.8) is 0 Å². The molecule has 26 heavy (non-hydrogen) atoms. The zero-order valence-corrected chi connectivity index (χ0v) is 14.8. The van der Waals surface area contributed by atoms with Gasteiger partial charge in [-0.3, -0.25) is 0 Å². The molecule has 0 bridgehead atoms. The first-order chi connectivity index (χ1) is 12.5. The van der Waals surface area contributed by atoms with E-state index in [1.54, 1.807) is 18.2 Å². The fourth-order valence-electron chi connectivity index (χ4n) is 2.56. The smallest absolute Gasteiger partial charge is 0.407 e. The average Bonchev–Trinajstić information content (AvgIpc) is 2.66. The predicted octanol–water partition coefficient (Wildman–Crippen LogP) is 2.20. The SMILES string of the molecule is Cc1cc(C(O)C(O)CCNC(=O)OCc2ccccc2)ccc1CO. The van der Waals surface area contributed by atoms with Gasteiger partial charge in [0, 0.05) is 6.54 Å². The van der Waals surface area contributed by atoms with Crippen LogP contribution in [0, 0.1) is 6.92 Å². The summed E-state index contributed by atoms with van der Waals surface area (Å²) in [5.41, 5.74) is 3.08. The highest BCUT2D eigenvalue weighted by atomic mass is 16.5. The molecule has 0 heterocycles. The minimum absolute atomic E-state index is 0.0697. The van der Waals surface area contributed by atoms with Gasteiger partial charge in [-0.15, -0.1) is 0 Å². The first kappa shape index (κ1) is 19.9. The van der Waals surface area contributed by atoms with E-state index in [-0.39, 0.29) is 26.2 Å². The number of aryl methyl sites for hydroxylation is 1. The summed E-state index contributed by atoms with van der Waals surface area (Å²) in [4.78, 5) is 11.7. The van der Waals surface area contributed by atoms with Crippen molar-refractivity contribution in [1.82, 2.24) is 5.32 Å². The third-order valence-corrected chi connectivity index (χ3v) is 4.17. The maximum Gasteiger partial charge on any atom is 0.407 e. The minimum Gasteiger partial charge on any atom is -0.445 e. The summed E-state index contributed by atoms with van der Waals surface area (Å²) < 4.78 is 5.08. The van der Waals surface area contributed by atoms with E-state index in [2.05, 4.69) is 5.32 Å². The number of ether oxygens (including phenoxy) is 1. The Labute approximate surface area is 153 Å². The molecule has 0 aliphatic carbocycles. The molecule has 2 aromatic carbocycles. The quantitative estimate of drug-likeness (QED) is 0.579. The Morgan fingerprint density at radius 3 is 2.54 bits per heavy atom. The fourth-order valence-corrected chi connectivity index (χ4v) is 2.56. The third-order valence-electron chi connectivity index (χ3n) is 4.17. The summed E-state index contributed by atoms with van der Waals surface area (Å²) in [6.45, 7) is 2.12. The molecule has 2 unspecified atom stereocenters. The molecule has 6 heteroatoms. The van der Waals surface area contributed by atoms with Gasteiger partial charge >= 0.3 is 6.09 Å². The summed E-state index contributed by atoms with van der Waals surface area (Å²) in [6, 6.07) is 14.5. The van der Waals surface area contributed by atoms with Gasteiger partial charge in [0.25, 0.3) is 0 Å². The number of hydrogen-bond acceptors (Lipinski definition) is 5. The monoisotopic (exact) mass is 359 g/mol. The highest BCUT2D eigenvalue weighted by molar-refractivity contribution is 5.67. The van der Waals surface area contributed by atoms with E-state index < -0.39 is 18.3 Å². The van der Waals surface area contributed by atoms with Crippen LogP contribution in [0.25, 0.3) is 0 Å². The van der Waals surface area contributed by atoms with Gasteiger partial charge in [0.15, 0.2) is 0 Å². The zero-order chi connectivity index (χ0) is 18.9. The van der Waals surface area contributed by atoms with Crippen LogP contribution in [0.15, 0.2) is 48.5 Å². The third kappa shape index (κ3) is 5.84. The van der Waals surface area contributed by atoms with Crippen molar-refractivity contribution in [2.24, 2.45) is 0 Å². The Balaban J connectivity index is 1.74.